The average molecular weight is 248 g/mol. The highest BCUT2D eigenvalue weighted by Gasteiger charge is 2.30. The van der Waals surface area contributed by atoms with E-state index >= 15 is 0 Å². The largest absolute Gasteiger partial charge is 0.494 e. The summed E-state index contributed by atoms with van der Waals surface area (Å²) in [6.07, 6.45) is 0. The number of rotatable bonds is 2. The van der Waals surface area contributed by atoms with E-state index in [2.05, 4.69) is 0 Å². The summed E-state index contributed by atoms with van der Waals surface area (Å²) < 4.78 is 46.6. The highest BCUT2D eigenvalue weighted by atomic mass is 32.2. The van der Waals surface area contributed by atoms with E-state index in [1.54, 1.807) is 12.1 Å². The molecule has 16 heavy (non-hydrogen) atoms. The number of alkyl halides is 3. The van der Waals surface area contributed by atoms with Crippen LogP contribution in [0, 0.1) is 0 Å². The third-order valence-corrected chi connectivity index (χ3v) is 2.75. The van der Waals surface area contributed by atoms with Gasteiger partial charge in [0.1, 0.15) is 0 Å². The molecule has 7 heteroatoms. The maximum Gasteiger partial charge on any atom is 0.494 e. The Bertz CT molecular complexity index is 349. The normalized spacial score (nSPS) is 16.8. The molecule has 0 aromatic heterocycles. The first kappa shape index (κ1) is 11.8. The summed E-state index contributed by atoms with van der Waals surface area (Å²) in [7, 11) is -0.440. The van der Waals surface area contributed by atoms with Crippen LogP contribution in [0.5, 0.6) is 0 Å². The molecule has 1 heterocycles. The van der Waals surface area contributed by atoms with Gasteiger partial charge >= 0.3 is 12.6 Å². The van der Waals surface area contributed by atoms with Crippen molar-refractivity contribution in [3.05, 3.63) is 24.3 Å². The Morgan fingerprint density at radius 3 is 2.12 bits per heavy atom. The van der Waals surface area contributed by atoms with Gasteiger partial charge in [-0.15, -0.1) is 0 Å². The first-order chi connectivity index (χ1) is 7.54. The van der Waals surface area contributed by atoms with E-state index in [9.17, 15) is 13.2 Å². The smallest absolute Gasteiger partial charge is 0.405 e. The zero-order valence-corrected chi connectivity index (χ0v) is 8.98. The van der Waals surface area contributed by atoms with E-state index in [1.165, 1.54) is 12.1 Å². The van der Waals surface area contributed by atoms with Gasteiger partial charge in [0.15, 0.2) is 0 Å². The van der Waals surface area contributed by atoms with Crippen LogP contribution >= 0.6 is 11.8 Å². The van der Waals surface area contributed by atoms with Crippen LogP contribution in [0.4, 0.5) is 13.2 Å². The van der Waals surface area contributed by atoms with E-state index < -0.39 is 12.6 Å². The Kier molecular flexibility index (Phi) is 3.46. The molecular formula is C9H8BF3O2S. The molecular weight excluding hydrogens is 240 g/mol. The molecule has 1 aliphatic rings. The summed E-state index contributed by atoms with van der Waals surface area (Å²) in [6, 6.07) is 6.01. The van der Waals surface area contributed by atoms with Crippen LogP contribution in [-0.4, -0.2) is 25.8 Å². The molecule has 1 aromatic rings. The molecule has 0 amide bonds. The number of hydrogen-bond donors (Lipinski definition) is 0. The van der Waals surface area contributed by atoms with Gasteiger partial charge in [0.25, 0.3) is 0 Å². The van der Waals surface area contributed by atoms with Gasteiger partial charge in [-0.2, -0.15) is 13.2 Å². The topological polar surface area (TPSA) is 18.5 Å². The van der Waals surface area contributed by atoms with Gasteiger partial charge in [0, 0.05) is 4.90 Å². The minimum absolute atomic E-state index is 0.130. The summed E-state index contributed by atoms with van der Waals surface area (Å²) in [5.74, 6) is 0. The second-order valence-electron chi connectivity index (χ2n) is 3.19. The van der Waals surface area contributed by atoms with Crippen LogP contribution in [0.15, 0.2) is 29.2 Å². The fourth-order valence-corrected chi connectivity index (χ4v) is 1.92. The lowest BCUT2D eigenvalue weighted by Crippen LogP contribution is -2.31. The molecule has 86 valence electrons. The third kappa shape index (κ3) is 3.17. The van der Waals surface area contributed by atoms with Gasteiger partial charge in [-0.05, 0) is 29.4 Å². The predicted octanol–water partition coefficient (Wildman–Crippen LogP) is 2.04. The standard InChI is InChI=1S/C9H8BF3O2S/c11-9(12,13)16-8-3-1-7(2-4-8)10-14-5-6-15-10/h1-4H,5-6H2. The van der Waals surface area contributed by atoms with E-state index in [0.717, 1.165) is 5.46 Å². The monoisotopic (exact) mass is 248 g/mol. The molecule has 1 aromatic carbocycles. The predicted molar refractivity (Wildman–Crippen MR) is 55.6 cm³/mol. The van der Waals surface area contributed by atoms with Crippen LogP contribution < -0.4 is 5.46 Å². The molecule has 1 fully saturated rings. The second-order valence-corrected chi connectivity index (χ2v) is 4.33. The summed E-state index contributed by atoms with van der Waals surface area (Å²) in [6.45, 7) is 1.04. The molecule has 0 aliphatic carbocycles. The van der Waals surface area contributed by atoms with Crippen LogP contribution in [0.1, 0.15) is 0 Å². The Hall–Kier alpha value is -0.655. The zero-order chi connectivity index (χ0) is 11.6. The van der Waals surface area contributed by atoms with Gasteiger partial charge in [-0.25, -0.2) is 0 Å². The molecule has 0 saturated carbocycles. The van der Waals surface area contributed by atoms with Gasteiger partial charge in [0.2, 0.25) is 0 Å². The lowest BCUT2D eigenvalue weighted by atomic mass is 9.80. The lowest BCUT2D eigenvalue weighted by Gasteiger charge is -2.07. The van der Waals surface area contributed by atoms with Crippen molar-refractivity contribution in [1.29, 1.82) is 0 Å². The van der Waals surface area contributed by atoms with Crippen LogP contribution in [0.3, 0.4) is 0 Å². The highest BCUT2D eigenvalue weighted by Crippen LogP contribution is 2.36. The molecule has 1 aliphatic heterocycles. The van der Waals surface area contributed by atoms with Crippen LogP contribution in [0.2, 0.25) is 0 Å². The SMILES string of the molecule is FC(F)(F)Sc1ccc(B2OCCO2)cc1. The summed E-state index contributed by atoms with van der Waals surface area (Å²) >= 11 is -0.130. The molecule has 1 saturated heterocycles. The molecule has 0 N–H and O–H groups in total. The lowest BCUT2D eigenvalue weighted by molar-refractivity contribution is -0.0328. The molecule has 0 unspecified atom stereocenters. The first-order valence-electron chi connectivity index (χ1n) is 4.63. The van der Waals surface area contributed by atoms with Crippen molar-refractivity contribution >= 4 is 24.3 Å². The van der Waals surface area contributed by atoms with Crippen molar-refractivity contribution in [2.45, 2.75) is 10.4 Å². The van der Waals surface area contributed by atoms with Crippen molar-refractivity contribution in [2.24, 2.45) is 0 Å². The van der Waals surface area contributed by atoms with E-state index in [-0.39, 0.29) is 16.7 Å². The van der Waals surface area contributed by atoms with Gasteiger partial charge in [-0.1, -0.05) is 12.1 Å². The molecule has 0 atom stereocenters. The fourth-order valence-electron chi connectivity index (χ4n) is 1.38. The Balaban J connectivity index is 2.04. The minimum atomic E-state index is -4.25. The van der Waals surface area contributed by atoms with E-state index in [4.69, 9.17) is 9.31 Å². The number of halogens is 3. The van der Waals surface area contributed by atoms with Gasteiger partial charge < -0.3 is 9.31 Å². The zero-order valence-electron chi connectivity index (χ0n) is 8.16. The minimum Gasteiger partial charge on any atom is -0.405 e. The number of thioether (sulfide) groups is 1. The molecule has 2 nitrogen and oxygen atoms in total. The van der Waals surface area contributed by atoms with Gasteiger partial charge in [-0.3, -0.25) is 0 Å². The van der Waals surface area contributed by atoms with Gasteiger partial charge in [0.05, 0.1) is 13.2 Å². The van der Waals surface area contributed by atoms with Crippen molar-refractivity contribution in [3.63, 3.8) is 0 Å². The van der Waals surface area contributed by atoms with Crippen molar-refractivity contribution < 1.29 is 22.5 Å². The second kappa shape index (κ2) is 4.69. The van der Waals surface area contributed by atoms with Crippen LogP contribution in [-0.2, 0) is 9.31 Å². The van der Waals surface area contributed by atoms with Crippen molar-refractivity contribution in [3.8, 4) is 0 Å². The Labute approximate surface area is 95.3 Å². The average Bonchev–Trinajstić information content (AvgIpc) is 2.69. The van der Waals surface area contributed by atoms with E-state index in [0.29, 0.717) is 13.2 Å². The Morgan fingerprint density at radius 2 is 1.62 bits per heavy atom. The molecule has 2 rings (SSSR count). The summed E-state index contributed by atoms with van der Waals surface area (Å²) in [5.41, 5.74) is -3.51. The number of hydrogen-bond acceptors (Lipinski definition) is 3. The summed E-state index contributed by atoms with van der Waals surface area (Å²) in [4.78, 5) is 0.161. The van der Waals surface area contributed by atoms with E-state index in [1.807, 2.05) is 0 Å². The van der Waals surface area contributed by atoms with Crippen molar-refractivity contribution in [2.75, 3.05) is 13.2 Å². The number of benzene rings is 1. The quantitative estimate of drug-likeness (QED) is 0.589. The van der Waals surface area contributed by atoms with Crippen LogP contribution in [0.25, 0.3) is 0 Å². The summed E-state index contributed by atoms with van der Waals surface area (Å²) in [5, 5.41) is 0. The maximum absolute atomic E-state index is 12.1. The first-order valence-corrected chi connectivity index (χ1v) is 5.45. The molecule has 0 bridgehead atoms. The fraction of sp³-hybridized carbons (Fsp3) is 0.333. The van der Waals surface area contributed by atoms with Crippen molar-refractivity contribution in [1.82, 2.24) is 0 Å². The molecule has 0 radical (unpaired) electrons. The highest BCUT2D eigenvalue weighted by molar-refractivity contribution is 8.00. The Morgan fingerprint density at radius 1 is 1.06 bits per heavy atom. The maximum atomic E-state index is 12.1. The molecule has 0 spiro atoms. The third-order valence-electron chi connectivity index (χ3n) is 2.01.